The average Bonchev–Trinajstić information content (AvgIpc) is 2.86. The predicted molar refractivity (Wildman–Crippen MR) is 59.9 cm³/mol. The zero-order valence-corrected chi connectivity index (χ0v) is 9.68. The van der Waals surface area contributed by atoms with Gasteiger partial charge in [0.15, 0.2) is 0 Å². The van der Waals surface area contributed by atoms with Crippen molar-refractivity contribution < 1.29 is 14.7 Å². The third-order valence-electron chi connectivity index (χ3n) is 2.25. The zero-order chi connectivity index (χ0) is 11.3. The number of hydrogen-bond acceptors (Lipinski definition) is 3. The molecule has 1 unspecified atom stereocenters. The number of hydrogen-bond donors (Lipinski definition) is 2. The van der Waals surface area contributed by atoms with Gasteiger partial charge in [-0.2, -0.15) is 0 Å². The van der Waals surface area contributed by atoms with Crippen LogP contribution in [0.2, 0.25) is 0 Å². The minimum Gasteiger partial charge on any atom is -0.481 e. The van der Waals surface area contributed by atoms with E-state index >= 15 is 0 Å². The van der Waals surface area contributed by atoms with E-state index in [0.717, 1.165) is 24.1 Å². The number of nitrogens with one attached hydrogen (secondary N) is 1. The van der Waals surface area contributed by atoms with Crippen molar-refractivity contribution in [2.24, 2.45) is 5.92 Å². The van der Waals surface area contributed by atoms with E-state index in [4.69, 9.17) is 5.11 Å². The number of rotatable bonds is 7. The second-order valence-corrected chi connectivity index (χ2v) is 5.02. The van der Waals surface area contributed by atoms with Crippen molar-refractivity contribution >= 4 is 23.6 Å². The fourth-order valence-corrected chi connectivity index (χ4v) is 2.01. The molecule has 1 fully saturated rings. The highest BCUT2D eigenvalue weighted by Crippen LogP contribution is 2.33. The summed E-state index contributed by atoms with van der Waals surface area (Å²) in [6.45, 7) is 2.00. The molecule has 4 nitrogen and oxygen atoms in total. The second-order valence-electron chi connectivity index (χ2n) is 4.03. The summed E-state index contributed by atoms with van der Waals surface area (Å²) in [6.07, 6.45) is 3.62. The summed E-state index contributed by atoms with van der Waals surface area (Å²) in [5.74, 6) is 0.0892. The molecule has 0 bridgehead atoms. The Kier molecular flexibility index (Phi) is 4.94. The van der Waals surface area contributed by atoms with Gasteiger partial charge in [0.2, 0.25) is 5.91 Å². The summed E-state index contributed by atoms with van der Waals surface area (Å²) >= 11 is 1.13. The molecule has 1 aliphatic carbocycles. The monoisotopic (exact) mass is 231 g/mol. The molecule has 1 saturated carbocycles. The predicted octanol–water partition coefficient (Wildman–Crippen LogP) is 1.11. The Labute approximate surface area is 93.8 Å². The molecule has 0 heterocycles. The third kappa shape index (κ3) is 6.38. The molecule has 5 heteroatoms. The number of amides is 1. The first-order valence-corrected chi connectivity index (χ1v) is 6.32. The van der Waals surface area contributed by atoms with Crippen molar-refractivity contribution in [3.63, 3.8) is 0 Å². The van der Waals surface area contributed by atoms with E-state index < -0.39 is 5.97 Å². The largest absolute Gasteiger partial charge is 0.481 e. The highest BCUT2D eigenvalue weighted by atomic mass is 32.2. The lowest BCUT2D eigenvalue weighted by molar-refractivity contribution is -0.133. The topological polar surface area (TPSA) is 66.4 Å². The van der Waals surface area contributed by atoms with Crippen molar-refractivity contribution in [2.45, 2.75) is 32.2 Å². The number of carboxylic acid groups (broad SMARTS) is 1. The molecule has 1 aliphatic rings. The number of carboxylic acids is 1. The van der Waals surface area contributed by atoms with Crippen molar-refractivity contribution in [3.8, 4) is 0 Å². The molecule has 0 aliphatic heterocycles. The van der Waals surface area contributed by atoms with Gasteiger partial charge in [0.05, 0.1) is 11.5 Å². The summed E-state index contributed by atoms with van der Waals surface area (Å²) in [6, 6.07) is 0.218. The average molecular weight is 231 g/mol. The minimum atomic E-state index is -0.876. The summed E-state index contributed by atoms with van der Waals surface area (Å²) in [7, 11) is 0. The molecule has 15 heavy (non-hydrogen) atoms. The molecular weight excluding hydrogens is 214 g/mol. The van der Waals surface area contributed by atoms with Gasteiger partial charge in [-0.15, -0.1) is 11.8 Å². The van der Waals surface area contributed by atoms with Crippen LogP contribution in [0.15, 0.2) is 0 Å². The molecular formula is C10H17NO3S. The number of aliphatic carboxylic acids is 1. The molecule has 1 amide bonds. The van der Waals surface area contributed by atoms with Gasteiger partial charge < -0.3 is 10.4 Å². The van der Waals surface area contributed by atoms with Crippen LogP contribution in [0.3, 0.4) is 0 Å². The number of carbonyl (C=O) groups excluding carboxylic acids is 1. The van der Waals surface area contributed by atoms with E-state index in [9.17, 15) is 9.59 Å². The van der Waals surface area contributed by atoms with Gasteiger partial charge in [-0.25, -0.2) is 0 Å². The van der Waals surface area contributed by atoms with E-state index in [-0.39, 0.29) is 23.5 Å². The summed E-state index contributed by atoms with van der Waals surface area (Å²) in [4.78, 5) is 21.5. The van der Waals surface area contributed by atoms with Gasteiger partial charge in [-0.3, -0.25) is 9.59 Å². The lowest BCUT2D eigenvalue weighted by atomic mass is 10.1. The summed E-state index contributed by atoms with van der Waals surface area (Å²) < 4.78 is 0. The fraction of sp³-hybridized carbons (Fsp3) is 0.800. The quantitative estimate of drug-likeness (QED) is 0.689. The Bertz CT molecular complexity index is 241. The molecule has 0 spiro atoms. The Hall–Kier alpha value is -0.710. The van der Waals surface area contributed by atoms with Gasteiger partial charge in [0.25, 0.3) is 0 Å². The first-order chi connectivity index (χ1) is 7.08. The van der Waals surface area contributed by atoms with Crippen LogP contribution in [0.1, 0.15) is 26.2 Å². The summed E-state index contributed by atoms with van der Waals surface area (Å²) in [5, 5.41) is 11.3. The summed E-state index contributed by atoms with van der Waals surface area (Å²) in [5.41, 5.74) is 0. The van der Waals surface area contributed by atoms with E-state index in [1.807, 2.05) is 6.92 Å². The Morgan fingerprint density at radius 2 is 2.13 bits per heavy atom. The molecule has 0 radical (unpaired) electrons. The SMILES string of the molecule is CC(CC1CC1)NC(=O)CSCC(=O)O. The smallest absolute Gasteiger partial charge is 0.313 e. The molecule has 0 saturated heterocycles. The first-order valence-electron chi connectivity index (χ1n) is 5.17. The highest BCUT2D eigenvalue weighted by Gasteiger charge is 2.24. The van der Waals surface area contributed by atoms with Gasteiger partial charge >= 0.3 is 5.97 Å². The van der Waals surface area contributed by atoms with Crippen molar-refractivity contribution in [1.29, 1.82) is 0 Å². The molecule has 1 rings (SSSR count). The minimum absolute atomic E-state index is 0.00950. The van der Waals surface area contributed by atoms with E-state index in [2.05, 4.69) is 5.32 Å². The van der Waals surface area contributed by atoms with Crippen molar-refractivity contribution in [1.82, 2.24) is 5.32 Å². The van der Waals surface area contributed by atoms with Crippen LogP contribution in [0, 0.1) is 5.92 Å². The van der Waals surface area contributed by atoms with E-state index in [0.29, 0.717) is 0 Å². The van der Waals surface area contributed by atoms with Crippen LogP contribution in [0.25, 0.3) is 0 Å². The van der Waals surface area contributed by atoms with Crippen LogP contribution in [-0.2, 0) is 9.59 Å². The number of thioether (sulfide) groups is 1. The van der Waals surface area contributed by atoms with Crippen LogP contribution in [0.4, 0.5) is 0 Å². The zero-order valence-electron chi connectivity index (χ0n) is 8.86. The van der Waals surface area contributed by atoms with Crippen LogP contribution >= 0.6 is 11.8 Å². The first kappa shape index (κ1) is 12.4. The molecule has 1 atom stereocenters. The maximum Gasteiger partial charge on any atom is 0.313 e. The third-order valence-corrected chi connectivity index (χ3v) is 3.17. The molecule has 86 valence electrons. The molecule has 0 aromatic rings. The Balaban J connectivity index is 2.03. The van der Waals surface area contributed by atoms with E-state index in [1.165, 1.54) is 12.8 Å². The Morgan fingerprint density at radius 3 is 2.67 bits per heavy atom. The van der Waals surface area contributed by atoms with Crippen molar-refractivity contribution in [3.05, 3.63) is 0 Å². The number of carbonyl (C=O) groups is 2. The highest BCUT2D eigenvalue weighted by molar-refractivity contribution is 8.00. The molecule has 2 N–H and O–H groups in total. The Morgan fingerprint density at radius 1 is 1.47 bits per heavy atom. The van der Waals surface area contributed by atoms with Gasteiger partial charge in [-0.1, -0.05) is 12.8 Å². The second kappa shape index (κ2) is 6.00. The van der Waals surface area contributed by atoms with Gasteiger partial charge in [-0.05, 0) is 19.3 Å². The van der Waals surface area contributed by atoms with Gasteiger partial charge in [0, 0.05) is 6.04 Å². The maximum absolute atomic E-state index is 11.3. The lowest BCUT2D eigenvalue weighted by Crippen LogP contribution is -2.34. The lowest BCUT2D eigenvalue weighted by Gasteiger charge is -2.12. The van der Waals surface area contributed by atoms with Crippen LogP contribution in [-0.4, -0.2) is 34.5 Å². The van der Waals surface area contributed by atoms with E-state index in [1.54, 1.807) is 0 Å². The standard InChI is InChI=1S/C10H17NO3S/c1-7(4-8-2-3-8)11-9(12)5-15-6-10(13)14/h7-8H,2-6H2,1H3,(H,11,12)(H,13,14). The van der Waals surface area contributed by atoms with Crippen LogP contribution < -0.4 is 5.32 Å². The molecule has 0 aromatic heterocycles. The van der Waals surface area contributed by atoms with Gasteiger partial charge in [0.1, 0.15) is 0 Å². The fourth-order valence-electron chi connectivity index (χ4n) is 1.46. The van der Waals surface area contributed by atoms with Crippen molar-refractivity contribution in [2.75, 3.05) is 11.5 Å². The van der Waals surface area contributed by atoms with Crippen LogP contribution in [0.5, 0.6) is 0 Å². The maximum atomic E-state index is 11.3. The molecule has 0 aromatic carbocycles. The normalized spacial score (nSPS) is 17.1.